The van der Waals surface area contributed by atoms with Crippen LogP contribution in [0.1, 0.15) is 44.9 Å². The predicted octanol–water partition coefficient (Wildman–Crippen LogP) is 2.50. The largest absolute Gasteiger partial charge is 0.352 e. The zero-order chi connectivity index (χ0) is 20.8. The van der Waals surface area contributed by atoms with E-state index in [1.54, 1.807) is 17.1 Å². The number of thioether (sulfide) groups is 1. The monoisotopic (exact) mass is 428 g/mol. The van der Waals surface area contributed by atoms with Gasteiger partial charge >= 0.3 is 0 Å². The van der Waals surface area contributed by atoms with Gasteiger partial charge in [0, 0.05) is 37.1 Å². The number of aromatic nitrogens is 4. The van der Waals surface area contributed by atoms with Gasteiger partial charge in [-0.1, -0.05) is 31.0 Å². The maximum Gasteiger partial charge on any atom is 0.242 e. The first kappa shape index (κ1) is 20.8. The van der Waals surface area contributed by atoms with Crippen LogP contribution in [0.3, 0.4) is 0 Å². The Balaban J connectivity index is 1.45. The third-order valence-corrected chi connectivity index (χ3v) is 6.57. The van der Waals surface area contributed by atoms with Gasteiger partial charge in [-0.2, -0.15) is 0 Å². The van der Waals surface area contributed by atoms with Crippen molar-refractivity contribution in [2.75, 3.05) is 18.8 Å². The number of rotatable bonds is 7. The van der Waals surface area contributed by atoms with Crippen molar-refractivity contribution in [3.8, 4) is 11.4 Å². The number of hydrogen-bond donors (Lipinski definition) is 1. The fraction of sp³-hybridized carbons (Fsp3) is 0.571. The Bertz CT molecular complexity index is 860. The zero-order valence-corrected chi connectivity index (χ0v) is 17.9. The van der Waals surface area contributed by atoms with E-state index in [2.05, 4.69) is 20.4 Å². The van der Waals surface area contributed by atoms with Gasteiger partial charge in [-0.15, -0.1) is 5.10 Å². The van der Waals surface area contributed by atoms with E-state index in [4.69, 9.17) is 0 Å². The van der Waals surface area contributed by atoms with Gasteiger partial charge in [-0.25, -0.2) is 9.67 Å². The van der Waals surface area contributed by atoms with Crippen LogP contribution in [0.4, 0.5) is 0 Å². The lowest BCUT2D eigenvalue weighted by Gasteiger charge is -2.22. The molecule has 0 bridgehead atoms. The molecule has 8 nitrogen and oxygen atoms in total. The van der Waals surface area contributed by atoms with E-state index in [0.717, 1.165) is 44.3 Å². The maximum absolute atomic E-state index is 12.6. The molecule has 160 valence electrons. The molecule has 1 saturated carbocycles. The highest BCUT2D eigenvalue weighted by Crippen LogP contribution is 2.23. The summed E-state index contributed by atoms with van der Waals surface area (Å²) in [6.45, 7) is 1.77. The molecule has 0 atom stereocenters. The smallest absolute Gasteiger partial charge is 0.242 e. The van der Waals surface area contributed by atoms with Crippen molar-refractivity contribution in [3.05, 3.63) is 24.5 Å². The molecule has 1 saturated heterocycles. The fourth-order valence-electron chi connectivity index (χ4n) is 4.00. The Kier molecular flexibility index (Phi) is 6.99. The quantitative estimate of drug-likeness (QED) is 0.681. The summed E-state index contributed by atoms with van der Waals surface area (Å²) in [6.07, 6.45) is 11.2. The maximum atomic E-state index is 12.6. The molecule has 4 rings (SSSR count). The molecule has 2 aromatic rings. The Morgan fingerprint density at radius 2 is 1.80 bits per heavy atom. The van der Waals surface area contributed by atoms with Crippen LogP contribution < -0.4 is 5.32 Å². The molecule has 0 spiro atoms. The number of nitrogens with one attached hydrogen (secondary N) is 1. The summed E-state index contributed by atoms with van der Waals surface area (Å²) in [5, 5.41) is 8.28. The van der Waals surface area contributed by atoms with Gasteiger partial charge < -0.3 is 10.2 Å². The van der Waals surface area contributed by atoms with Crippen molar-refractivity contribution in [3.63, 3.8) is 0 Å². The minimum atomic E-state index is -0.0548. The van der Waals surface area contributed by atoms with Crippen LogP contribution >= 0.6 is 11.8 Å². The first-order valence-corrected chi connectivity index (χ1v) is 11.7. The summed E-state index contributed by atoms with van der Waals surface area (Å²) >= 11 is 1.35. The van der Waals surface area contributed by atoms with Crippen LogP contribution in [0.5, 0.6) is 0 Å². The average Bonchev–Trinajstić information content (AvgIpc) is 3.44. The lowest BCUT2D eigenvalue weighted by atomic mass is 9.95. The van der Waals surface area contributed by atoms with Crippen LogP contribution in [0, 0.1) is 0 Å². The van der Waals surface area contributed by atoms with Gasteiger partial charge in [-0.05, 0) is 37.8 Å². The van der Waals surface area contributed by atoms with Gasteiger partial charge in [0.15, 0.2) is 11.0 Å². The molecule has 2 aromatic heterocycles. The van der Waals surface area contributed by atoms with Crippen molar-refractivity contribution in [1.29, 1.82) is 0 Å². The average molecular weight is 429 g/mol. The van der Waals surface area contributed by atoms with E-state index in [9.17, 15) is 9.59 Å². The molecular weight excluding hydrogens is 400 g/mol. The molecule has 1 aliphatic heterocycles. The molecule has 1 aliphatic carbocycles. The summed E-state index contributed by atoms with van der Waals surface area (Å²) in [7, 11) is 0. The Morgan fingerprint density at radius 1 is 1.07 bits per heavy atom. The van der Waals surface area contributed by atoms with Gasteiger partial charge in [0.25, 0.3) is 0 Å². The molecule has 0 unspecified atom stereocenters. The molecular formula is C21H28N6O2S. The molecule has 1 N–H and O–H groups in total. The van der Waals surface area contributed by atoms with Crippen LogP contribution in [-0.2, 0) is 16.1 Å². The highest BCUT2D eigenvalue weighted by atomic mass is 32.2. The summed E-state index contributed by atoms with van der Waals surface area (Å²) in [4.78, 5) is 35.6. The van der Waals surface area contributed by atoms with Gasteiger partial charge in [0.05, 0.1) is 5.75 Å². The van der Waals surface area contributed by atoms with Crippen LogP contribution in [0.15, 0.2) is 29.7 Å². The Morgan fingerprint density at radius 3 is 2.53 bits per heavy atom. The number of nitrogens with zero attached hydrogens (tertiary/aromatic N) is 5. The molecule has 3 heterocycles. The lowest BCUT2D eigenvalue weighted by molar-refractivity contribution is -0.127. The van der Waals surface area contributed by atoms with Gasteiger partial charge in [0.1, 0.15) is 6.54 Å². The van der Waals surface area contributed by atoms with E-state index >= 15 is 0 Å². The SMILES string of the molecule is O=C(Cn1nc(-c2ccncc2)nc1SCC(=O)N1CCCC1)NC1CCCCC1. The van der Waals surface area contributed by atoms with Gasteiger partial charge in [0.2, 0.25) is 11.8 Å². The van der Waals surface area contributed by atoms with Crippen molar-refractivity contribution in [2.24, 2.45) is 0 Å². The predicted molar refractivity (Wildman–Crippen MR) is 115 cm³/mol. The third kappa shape index (κ3) is 5.38. The highest BCUT2D eigenvalue weighted by molar-refractivity contribution is 7.99. The molecule has 0 aromatic carbocycles. The second kappa shape index (κ2) is 10.1. The van der Waals surface area contributed by atoms with Crippen molar-refractivity contribution < 1.29 is 9.59 Å². The second-order valence-electron chi connectivity index (χ2n) is 7.89. The molecule has 9 heteroatoms. The summed E-state index contributed by atoms with van der Waals surface area (Å²) in [6, 6.07) is 3.93. The Hall–Kier alpha value is -2.42. The van der Waals surface area contributed by atoms with Crippen molar-refractivity contribution >= 4 is 23.6 Å². The number of carbonyl (C=O) groups excluding carboxylic acids is 2. The molecule has 2 amide bonds. The number of amides is 2. The van der Waals surface area contributed by atoms with E-state index < -0.39 is 0 Å². The van der Waals surface area contributed by atoms with E-state index in [-0.39, 0.29) is 24.4 Å². The van der Waals surface area contributed by atoms with Crippen LogP contribution in [-0.4, -0.2) is 61.3 Å². The zero-order valence-electron chi connectivity index (χ0n) is 17.1. The van der Waals surface area contributed by atoms with Crippen molar-refractivity contribution in [2.45, 2.75) is 62.7 Å². The topological polar surface area (TPSA) is 93.0 Å². The number of likely N-dealkylation sites (tertiary alicyclic amines) is 1. The second-order valence-corrected chi connectivity index (χ2v) is 8.83. The third-order valence-electron chi connectivity index (χ3n) is 5.62. The number of carbonyl (C=O) groups is 2. The fourth-order valence-corrected chi connectivity index (χ4v) is 4.84. The normalized spacial score (nSPS) is 17.3. The lowest BCUT2D eigenvalue weighted by Crippen LogP contribution is -2.38. The summed E-state index contributed by atoms with van der Waals surface area (Å²) in [5.74, 6) is 0.905. The van der Waals surface area contributed by atoms with Gasteiger partial charge in [-0.3, -0.25) is 14.6 Å². The molecule has 30 heavy (non-hydrogen) atoms. The minimum Gasteiger partial charge on any atom is -0.352 e. The highest BCUT2D eigenvalue weighted by Gasteiger charge is 2.22. The summed E-state index contributed by atoms with van der Waals surface area (Å²) < 4.78 is 1.62. The van der Waals surface area contributed by atoms with E-state index in [1.807, 2.05) is 17.0 Å². The first-order valence-electron chi connectivity index (χ1n) is 10.7. The minimum absolute atomic E-state index is 0.0548. The van der Waals surface area contributed by atoms with E-state index in [0.29, 0.717) is 16.7 Å². The standard InChI is InChI=1S/C21H28N6O2S/c28-18(23-17-6-2-1-3-7-17)14-27-21(30-15-19(29)26-12-4-5-13-26)24-20(25-27)16-8-10-22-11-9-16/h8-11,17H,1-7,12-15H2,(H,23,28). The number of pyridine rings is 1. The molecule has 0 radical (unpaired) electrons. The first-order chi connectivity index (χ1) is 14.7. The molecule has 2 aliphatic rings. The van der Waals surface area contributed by atoms with Crippen molar-refractivity contribution in [1.82, 2.24) is 30.0 Å². The number of hydrogen-bond acceptors (Lipinski definition) is 6. The summed E-state index contributed by atoms with van der Waals surface area (Å²) in [5.41, 5.74) is 0.837. The Labute approximate surface area is 180 Å². The van der Waals surface area contributed by atoms with E-state index in [1.165, 1.54) is 31.0 Å². The van der Waals surface area contributed by atoms with Crippen LogP contribution in [0.25, 0.3) is 11.4 Å². The molecule has 2 fully saturated rings. The van der Waals surface area contributed by atoms with Crippen LogP contribution in [0.2, 0.25) is 0 Å².